The van der Waals surface area contributed by atoms with E-state index in [-0.39, 0.29) is 0 Å². The van der Waals surface area contributed by atoms with Gasteiger partial charge in [0, 0.05) is 0 Å². The summed E-state index contributed by atoms with van der Waals surface area (Å²) in [5.41, 5.74) is 4.40. The molecule has 1 rings (SSSR count). The van der Waals surface area contributed by atoms with Crippen molar-refractivity contribution in [3.63, 3.8) is 0 Å². The second kappa shape index (κ2) is 6.91. The van der Waals surface area contributed by atoms with Crippen molar-refractivity contribution in [2.45, 2.75) is 31.7 Å². The number of amides is 1. The van der Waals surface area contributed by atoms with Crippen LogP contribution in [0.15, 0.2) is 30.3 Å². The number of carbonyl (C=O) groups is 1. The number of halogens is 3. The van der Waals surface area contributed by atoms with Crippen molar-refractivity contribution in [2.75, 3.05) is 13.2 Å². The average Bonchev–Trinajstić information content (AvgIpc) is 2.42. The molecule has 0 aromatic heterocycles. The highest BCUT2D eigenvalue weighted by atomic mass is 19.4. The van der Waals surface area contributed by atoms with Gasteiger partial charge in [0.2, 0.25) is 5.91 Å². The van der Waals surface area contributed by atoms with E-state index in [1.165, 1.54) is 0 Å². The predicted octanol–water partition coefficient (Wildman–Crippen LogP) is 1.94. The zero-order valence-electron chi connectivity index (χ0n) is 11.9. The molecule has 118 valence electrons. The lowest BCUT2D eigenvalue weighted by Crippen LogP contribution is -2.56. The van der Waals surface area contributed by atoms with E-state index in [0.29, 0.717) is 12.1 Å². The fraction of sp³-hybridized carbons (Fsp3) is 0.500. The summed E-state index contributed by atoms with van der Waals surface area (Å²) < 4.78 is 42.5. The Hall–Kier alpha value is -1.60. The van der Waals surface area contributed by atoms with Gasteiger partial charge in [-0.1, -0.05) is 37.3 Å². The SMILES string of the molecule is CCNC(COC(C)C(F)(F)F)(C(N)=O)c1ccccc1. The highest BCUT2D eigenvalue weighted by Crippen LogP contribution is 2.27. The van der Waals surface area contributed by atoms with Crippen molar-refractivity contribution in [1.82, 2.24) is 5.32 Å². The highest BCUT2D eigenvalue weighted by molar-refractivity contribution is 5.86. The Morgan fingerprint density at radius 1 is 1.33 bits per heavy atom. The van der Waals surface area contributed by atoms with E-state index in [4.69, 9.17) is 10.5 Å². The molecule has 0 spiro atoms. The number of nitrogens with two attached hydrogens (primary N) is 1. The standard InChI is InChI=1S/C14H19F3N2O2/c1-3-19-13(12(18)20,11-7-5-4-6-8-11)9-21-10(2)14(15,16)17/h4-8,10,19H,3,9H2,1-2H3,(H2,18,20). The van der Waals surface area contributed by atoms with Crippen molar-refractivity contribution >= 4 is 5.91 Å². The second-order valence-corrected chi connectivity index (χ2v) is 4.66. The molecule has 21 heavy (non-hydrogen) atoms. The van der Waals surface area contributed by atoms with E-state index in [1.54, 1.807) is 37.3 Å². The van der Waals surface area contributed by atoms with Gasteiger partial charge in [0.15, 0.2) is 6.10 Å². The Bertz CT molecular complexity index is 465. The Labute approximate surface area is 121 Å². The van der Waals surface area contributed by atoms with Crippen LogP contribution in [0.1, 0.15) is 19.4 Å². The van der Waals surface area contributed by atoms with Gasteiger partial charge in [0.1, 0.15) is 5.54 Å². The molecule has 4 nitrogen and oxygen atoms in total. The summed E-state index contributed by atoms with van der Waals surface area (Å²) in [7, 11) is 0. The van der Waals surface area contributed by atoms with Crippen molar-refractivity contribution in [2.24, 2.45) is 5.73 Å². The van der Waals surface area contributed by atoms with E-state index in [0.717, 1.165) is 6.92 Å². The maximum atomic E-state index is 12.6. The summed E-state index contributed by atoms with van der Waals surface area (Å²) in [5.74, 6) is -0.787. The topological polar surface area (TPSA) is 64.3 Å². The van der Waals surface area contributed by atoms with Gasteiger partial charge < -0.3 is 10.5 Å². The monoisotopic (exact) mass is 304 g/mol. The largest absolute Gasteiger partial charge is 0.414 e. The van der Waals surface area contributed by atoms with Crippen LogP contribution >= 0.6 is 0 Å². The van der Waals surface area contributed by atoms with Crippen LogP contribution in [0.25, 0.3) is 0 Å². The van der Waals surface area contributed by atoms with Gasteiger partial charge in [-0.25, -0.2) is 0 Å². The third kappa shape index (κ3) is 4.18. The quantitative estimate of drug-likeness (QED) is 0.809. The van der Waals surface area contributed by atoms with Crippen LogP contribution in [0, 0.1) is 0 Å². The molecule has 1 amide bonds. The van der Waals surface area contributed by atoms with E-state index in [1.807, 2.05) is 0 Å². The van der Waals surface area contributed by atoms with Crippen molar-refractivity contribution in [3.05, 3.63) is 35.9 Å². The molecule has 2 unspecified atom stereocenters. The first-order valence-electron chi connectivity index (χ1n) is 6.53. The number of rotatable bonds is 7. The molecule has 0 saturated carbocycles. The number of hydrogen-bond acceptors (Lipinski definition) is 3. The maximum Gasteiger partial charge on any atom is 0.414 e. The number of nitrogens with one attached hydrogen (secondary N) is 1. The fourth-order valence-electron chi connectivity index (χ4n) is 1.91. The molecule has 3 N–H and O–H groups in total. The van der Waals surface area contributed by atoms with Crippen LogP contribution in [0.3, 0.4) is 0 Å². The maximum absolute atomic E-state index is 12.6. The van der Waals surface area contributed by atoms with Gasteiger partial charge in [-0.2, -0.15) is 13.2 Å². The van der Waals surface area contributed by atoms with E-state index < -0.39 is 30.3 Å². The molecule has 1 aromatic carbocycles. The van der Waals surface area contributed by atoms with Gasteiger partial charge in [-0.15, -0.1) is 0 Å². The molecule has 0 aliphatic heterocycles. The van der Waals surface area contributed by atoms with Crippen LogP contribution < -0.4 is 11.1 Å². The molecular weight excluding hydrogens is 285 g/mol. The highest BCUT2D eigenvalue weighted by Gasteiger charge is 2.43. The molecular formula is C14H19F3N2O2. The zero-order chi connectivity index (χ0) is 16.1. The molecule has 0 aliphatic carbocycles. The Kier molecular flexibility index (Phi) is 5.74. The van der Waals surface area contributed by atoms with Crippen LogP contribution in [-0.4, -0.2) is 31.3 Å². The normalized spacial score (nSPS) is 16.2. The Morgan fingerprint density at radius 3 is 2.33 bits per heavy atom. The lowest BCUT2D eigenvalue weighted by molar-refractivity contribution is -0.219. The third-order valence-corrected chi connectivity index (χ3v) is 3.18. The molecule has 0 bridgehead atoms. The Morgan fingerprint density at radius 2 is 1.90 bits per heavy atom. The number of alkyl halides is 3. The van der Waals surface area contributed by atoms with Gasteiger partial charge in [-0.3, -0.25) is 10.1 Å². The second-order valence-electron chi connectivity index (χ2n) is 4.66. The summed E-state index contributed by atoms with van der Waals surface area (Å²) in [6.07, 6.45) is -6.48. The zero-order valence-corrected chi connectivity index (χ0v) is 11.9. The van der Waals surface area contributed by atoms with Gasteiger partial charge in [0.25, 0.3) is 0 Å². The van der Waals surface area contributed by atoms with E-state index in [9.17, 15) is 18.0 Å². The molecule has 0 radical (unpaired) electrons. The molecule has 0 heterocycles. The molecule has 0 saturated heterocycles. The third-order valence-electron chi connectivity index (χ3n) is 3.18. The van der Waals surface area contributed by atoms with Gasteiger partial charge in [0.05, 0.1) is 6.61 Å². The minimum Gasteiger partial charge on any atom is -0.368 e. The van der Waals surface area contributed by atoms with E-state index >= 15 is 0 Å². The first kappa shape index (κ1) is 17.5. The number of carbonyl (C=O) groups excluding carboxylic acids is 1. The number of ether oxygens (including phenoxy) is 1. The number of hydrogen-bond donors (Lipinski definition) is 2. The number of likely N-dealkylation sites (N-methyl/N-ethyl adjacent to an activating group) is 1. The lowest BCUT2D eigenvalue weighted by Gasteiger charge is -2.33. The summed E-state index contributed by atoms with van der Waals surface area (Å²) in [4.78, 5) is 11.9. The van der Waals surface area contributed by atoms with Gasteiger partial charge in [-0.05, 0) is 19.0 Å². The van der Waals surface area contributed by atoms with Crippen LogP contribution in [0.4, 0.5) is 13.2 Å². The summed E-state index contributed by atoms with van der Waals surface area (Å²) in [6.45, 7) is 2.47. The van der Waals surface area contributed by atoms with Crippen LogP contribution in [-0.2, 0) is 15.1 Å². The number of benzene rings is 1. The van der Waals surface area contributed by atoms with Crippen molar-refractivity contribution in [1.29, 1.82) is 0 Å². The van der Waals surface area contributed by atoms with Crippen molar-refractivity contribution < 1.29 is 22.7 Å². The molecule has 1 aromatic rings. The van der Waals surface area contributed by atoms with Crippen LogP contribution in [0.5, 0.6) is 0 Å². The van der Waals surface area contributed by atoms with Gasteiger partial charge >= 0.3 is 6.18 Å². The summed E-state index contributed by atoms with van der Waals surface area (Å²) in [5, 5.41) is 2.85. The molecule has 0 aliphatic rings. The average molecular weight is 304 g/mol. The lowest BCUT2D eigenvalue weighted by atomic mass is 9.89. The minimum atomic E-state index is -4.49. The number of primary amides is 1. The predicted molar refractivity (Wildman–Crippen MR) is 72.5 cm³/mol. The molecule has 7 heteroatoms. The molecule has 0 fully saturated rings. The Balaban J connectivity index is 3.05. The minimum absolute atomic E-state index is 0.349. The smallest absolute Gasteiger partial charge is 0.368 e. The molecule has 2 atom stereocenters. The van der Waals surface area contributed by atoms with Crippen molar-refractivity contribution in [3.8, 4) is 0 Å². The fourth-order valence-corrected chi connectivity index (χ4v) is 1.91. The first-order valence-corrected chi connectivity index (χ1v) is 6.53. The van der Waals surface area contributed by atoms with E-state index in [2.05, 4.69) is 5.32 Å². The first-order chi connectivity index (χ1) is 9.74. The van der Waals surface area contributed by atoms with Crippen LogP contribution in [0.2, 0.25) is 0 Å². The summed E-state index contributed by atoms with van der Waals surface area (Å²) in [6, 6.07) is 8.33. The summed E-state index contributed by atoms with van der Waals surface area (Å²) >= 11 is 0.